The van der Waals surface area contributed by atoms with Crippen molar-refractivity contribution < 1.29 is 0 Å². The van der Waals surface area contributed by atoms with E-state index in [4.69, 9.17) is 11.5 Å². The lowest BCUT2D eigenvalue weighted by atomic mass is 10.0. The van der Waals surface area contributed by atoms with Gasteiger partial charge in [0.15, 0.2) is 0 Å². The summed E-state index contributed by atoms with van der Waals surface area (Å²) >= 11 is 0. The van der Waals surface area contributed by atoms with Crippen LogP contribution in [-0.4, -0.2) is 11.1 Å². The first-order valence-electron chi connectivity index (χ1n) is 6.23. The fraction of sp³-hybridized carbons (Fsp3) is 0.429. The second-order valence-corrected chi connectivity index (χ2v) is 4.60. The minimum atomic E-state index is 0. The molecule has 0 amide bonds. The Kier molecular flexibility index (Phi) is 5.66. The van der Waals surface area contributed by atoms with E-state index in [1.54, 1.807) is 0 Å². The maximum Gasteiger partial charge on any atom is 0.0481 e. The van der Waals surface area contributed by atoms with Gasteiger partial charge in [0, 0.05) is 30.2 Å². The number of para-hydroxylation sites is 1. The van der Waals surface area contributed by atoms with Crippen molar-refractivity contribution in [2.24, 2.45) is 18.5 Å². The van der Waals surface area contributed by atoms with Crippen LogP contribution in [-0.2, 0) is 7.05 Å². The Morgan fingerprint density at radius 1 is 1.22 bits per heavy atom. The zero-order valence-electron chi connectivity index (χ0n) is 10.8. The van der Waals surface area contributed by atoms with Gasteiger partial charge in [-0.2, -0.15) is 0 Å². The van der Waals surface area contributed by atoms with Crippen molar-refractivity contribution in [3.05, 3.63) is 36.0 Å². The summed E-state index contributed by atoms with van der Waals surface area (Å²) < 4.78 is 2.15. The van der Waals surface area contributed by atoms with Crippen molar-refractivity contribution in [2.75, 3.05) is 6.54 Å². The van der Waals surface area contributed by atoms with E-state index in [1.807, 2.05) is 0 Å². The molecule has 0 fully saturated rings. The third-order valence-electron chi connectivity index (χ3n) is 3.30. The van der Waals surface area contributed by atoms with Gasteiger partial charge >= 0.3 is 0 Å². The maximum absolute atomic E-state index is 6.26. The smallest absolute Gasteiger partial charge is 0.0481 e. The number of nitrogens with two attached hydrogens (primary N) is 2. The summed E-state index contributed by atoms with van der Waals surface area (Å²) in [5, 5.41) is 1.27. The van der Waals surface area contributed by atoms with Crippen LogP contribution in [0.3, 0.4) is 0 Å². The molecule has 0 saturated carbocycles. The number of rotatable bonds is 5. The van der Waals surface area contributed by atoms with Gasteiger partial charge in [-0.3, -0.25) is 0 Å². The number of aromatic nitrogens is 1. The molecule has 1 atom stereocenters. The summed E-state index contributed by atoms with van der Waals surface area (Å²) in [5.74, 6) is 0. The number of unbranched alkanes of at least 4 members (excludes halogenated alkanes) is 1. The number of hydrogen-bond acceptors (Lipinski definition) is 2. The first-order valence-corrected chi connectivity index (χ1v) is 6.23. The van der Waals surface area contributed by atoms with Gasteiger partial charge in [-0.25, -0.2) is 0 Å². The minimum Gasteiger partial charge on any atom is -0.350 e. The minimum absolute atomic E-state index is 0. The summed E-state index contributed by atoms with van der Waals surface area (Å²) in [4.78, 5) is 0. The Labute approximate surface area is 115 Å². The molecule has 0 aliphatic carbocycles. The molecule has 18 heavy (non-hydrogen) atoms. The Morgan fingerprint density at radius 2 is 1.94 bits per heavy atom. The van der Waals surface area contributed by atoms with Crippen molar-refractivity contribution in [3.63, 3.8) is 0 Å². The van der Waals surface area contributed by atoms with Gasteiger partial charge in [0.2, 0.25) is 0 Å². The quantitative estimate of drug-likeness (QED) is 0.819. The third kappa shape index (κ3) is 3.05. The van der Waals surface area contributed by atoms with Crippen LogP contribution in [0.2, 0.25) is 0 Å². The molecule has 1 aromatic heterocycles. The highest BCUT2D eigenvalue weighted by atomic mass is 35.5. The highest BCUT2D eigenvalue weighted by Crippen LogP contribution is 2.27. The first-order chi connectivity index (χ1) is 8.24. The van der Waals surface area contributed by atoms with Crippen molar-refractivity contribution in [3.8, 4) is 0 Å². The van der Waals surface area contributed by atoms with Gasteiger partial charge in [0.1, 0.15) is 0 Å². The van der Waals surface area contributed by atoms with Crippen LogP contribution < -0.4 is 11.5 Å². The Hall–Kier alpha value is -1.03. The maximum atomic E-state index is 6.26. The van der Waals surface area contributed by atoms with Crippen molar-refractivity contribution in [2.45, 2.75) is 25.3 Å². The van der Waals surface area contributed by atoms with Crippen LogP contribution in [0.25, 0.3) is 10.9 Å². The van der Waals surface area contributed by atoms with Gasteiger partial charge < -0.3 is 16.0 Å². The lowest BCUT2D eigenvalue weighted by Gasteiger charge is -2.10. The van der Waals surface area contributed by atoms with E-state index < -0.39 is 0 Å². The number of benzene rings is 1. The molecule has 1 aromatic carbocycles. The summed E-state index contributed by atoms with van der Waals surface area (Å²) in [6.07, 6.45) is 5.31. The fourth-order valence-corrected chi connectivity index (χ4v) is 2.33. The van der Waals surface area contributed by atoms with Crippen molar-refractivity contribution in [1.82, 2.24) is 4.57 Å². The number of aryl methyl sites for hydroxylation is 1. The highest BCUT2D eigenvalue weighted by Gasteiger charge is 2.12. The van der Waals surface area contributed by atoms with Gasteiger partial charge in [0.25, 0.3) is 0 Å². The van der Waals surface area contributed by atoms with Gasteiger partial charge in [0.05, 0.1) is 0 Å². The van der Waals surface area contributed by atoms with Gasteiger partial charge in [-0.1, -0.05) is 24.6 Å². The zero-order valence-corrected chi connectivity index (χ0v) is 11.6. The molecule has 0 bridgehead atoms. The molecule has 3 nitrogen and oxygen atoms in total. The van der Waals surface area contributed by atoms with Gasteiger partial charge in [-0.15, -0.1) is 12.4 Å². The van der Waals surface area contributed by atoms with E-state index >= 15 is 0 Å². The lowest BCUT2D eigenvalue weighted by molar-refractivity contribution is 0.592. The van der Waals surface area contributed by atoms with E-state index in [0.29, 0.717) is 0 Å². The summed E-state index contributed by atoms with van der Waals surface area (Å²) in [5.41, 5.74) is 14.3. The average molecular weight is 268 g/mol. The lowest BCUT2D eigenvalue weighted by Crippen LogP contribution is -2.10. The number of fused-ring (bicyclic) bond motifs is 1. The van der Waals surface area contributed by atoms with Crippen LogP contribution in [0.1, 0.15) is 30.9 Å². The number of hydrogen-bond donors (Lipinski definition) is 2. The summed E-state index contributed by atoms with van der Waals surface area (Å²) in [7, 11) is 2.07. The first kappa shape index (κ1) is 15.0. The third-order valence-corrected chi connectivity index (χ3v) is 3.30. The van der Waals surface area contributed by atoms with Crippen LogP contribution >= 0.6 is 12.4 Å². The van der Waals surface area contributed by atoms with Crippen LogP contribution in [0.5, 0.6) is 0 Å². The zero-order chi connectivity index (χ0) is 12.3. The molecule has 100 valence electrons. The SMILES string of the molecule is Cl.Cn1cc([C@@H](N)CCCCN)c2ccccc21. The normalized spacial score (nSPS) is 12.4. The Bertz CT molecular complexity index is 493. The second-order valence-electron chi connectivity index (χ2n) is 4.60. The van der Waals surface area contributed by atoms with E-state index in [0.717, 1.165) is 25.8 Å². The van der Waals surface area contributed by atoms with Crippen LogP contribution in [0.4, 0.5) is 0 Å². The van der Waals surface area contributed by atoms with Crippen molar-refractivity contribution in [1.29, 1.82) is 0 Å². The average Bonchev–Trinajstić information content (AvgIpc) is 2.68. The molecule has 0 aliphatic rings. The topological polar surface area (TPSA) is 57.0 Å². The van der Waals surface area contributed by atoms with Crippen LogP contribution in [0, 0.1) is 0 Å². The van der Waals surface area contributed by atoms with Gasteiger partial charge in [-0.05, 0) is 31.0 Å². The standard InChI is InChI=1S/C14H21N3.ClH/c1-17-10-12(13(16)7-4-5-9-15)11-6-2-3-8-14(11)17;/h2-3,6,8,10,13H,4-5,7,9,15-16H2,1H3;1H/t13-;/m0./s1. The predicted molar refractivity (Wildman–Crippen MR) is 80.0 cm³/mol. The molecule has 4 heteroatoms. The predicted octanol–water partition coefficient (Wildman–Crippen LogP) is 2.73. The fourth-order valence-electron chi connectivity index (χ4n) is 2.33. The molecule has 0 unspecified atom stereocenters. The summed E-state index contributed by atoms with van der Waals surface area (Å²) in [6.45, 7) is 0.752. The van der Waals surface area contributed by atoms with E-state index in [9.17, 15) is 0 Å². The number of halogens is 1. The molecule has 0 spiro atoms. The molecule has 0 saturated heterocycles. The van der Waals surface area contributed by atoms with Crippen molar-refractivity contribution >= 4 is 23.3 Å². The summed E-state index contributed by atoms with van der Waals surface area (Å²) in [6, 6.07) is 8.52. The Morgan fingerprint density at radius 3 is 2.67 bits per heavy atom. The molecule has 0 aliphatic heterocycles. The molecular weight excluding hydrogens is 246 g/mol. The molecule has 2 aromatic rings. The largest absolute Gasteiger partial charge is 0.350 e. The molecular formula is C14H22ClN3. The van der Waals surface area contributed by atoms with Crippen LogP contribution in [0.15, 0.2) is 30.5 Å². The second kappa shape index (κ2) is 6.78. The molecule has 2 rings (SSSR count). The molecule has 1 heterocycles. The number of nitrogens with zero attached hydrogens (tertiary/aromatic N) is 1. The van der Waals surface area contributed by atoms with E-state index in [2.05, 4.69) is 42.1 Å². The molecule has 4 N–H and O–H groups in total. The molecule has 0 radical (unpaired) electrons. The highest BCUT2D eigenvalue weighted by molar-refractivity contribution is 5.85. The monoisotopic (exact) mass is 267 g/mol. The Balaban J connectivity index is 0.00000162. The van der Waals surface area contributed by atoms with E-state index in [-0.39, 0.29) is 18.4 Å². The van der Waals surface area contributed by atoms with E-state index in [1.165, 1.54) is 16.5 Å².